The highest BCUT2D eigenvalue weighted by Gasteiger charge is 2.34. The van der Waals surface area contributed by atoms with Crippen LogP contribution < -0.4 is 10.6 Å². The van der Waals surface area contributed by atoms with E-state index in [0.717, 1.165) is 13.1 Å². The fourth-order valence-corrected chi connectivity index (χ4v) is 4.47. The minimum absolute atomic E-state index is 0.138. The van der Waals surface area contributed by atoms with Crippen LogP contribution in [0, 0.1) is 17.8 Å². The van der Waals surface area contributed by atoms with Crippen molar-refractivity contribution < 1.29 is 4.79 Å². The van der Waals surface area contributed by atoms with Crippen LogP contribution in [0.3, 0.4) is 0 Å². The molecular formula is C16H24N2OS. The summed E-state index contributed by atoms with van der Waals surface area (Å²) in [5.41, 5.74) is 0. The molecule has 1 saturated carbocycles. The summed E-state index contributed by atoms with van der Waals surface area (Å²) >= 11 is 1.77. The van der Waals surface area contributed by atoms with E-state index < -0.39 is 0 Å². The van der Waals surface area contributed by atoms with Gasteiger partial charge in [0.25, 0.3) is 0 Å². The summed E-state index contributed by atoms with van der Waals surface area (Å²) in [5, 5.41) is 8.80. The number of hydrogen-bond donors (Lipinski definition) is 2. The first kappa shape index (κ1) is 14.1. The molecule has 1 aliphatic heterocycles. The Morgan fingerprint density at radius 2 is 2.20 bits per heavy atom. The molecule has 3 nitrogen and oxygen atoms in total. The first-order valence-corrected chi connectivity index (χ1v) is 8.68. The smallest absolute Gasteiger partial charge is 0.225 e. The van der Waals surface area contributed by atoms with E-state index in [2.05, 4.69) is 35.1 Å². The van der Waals surface area contributed by atoms with Gasteiger partial charge < -0.3 is 10.6 Å². The number of rotatable bonds is 4. The number of hydrogen-bond acceptors (Lipinski definition) is 3. The lowest BCUT2D eigenvalue weighted by molar-refractivity contribution is -0.126. The van der Waals surface area contributed by atoms with Crippen LogP contribution in [0.2, 0.25) is 0 Å². The third-order valence-corrected chi connectivity index (χ3v) is 5.83. The molecular weight excluding hydrogens is 268 g/mol. The van der Waals surface area contributed by atoms with E-state index in [1.165, 1.54) is 30.6 Å². The molecule has 2 N–H and O–H groups in total. The van der Waals surface area contributed by atoms with E-state index in [4.69, 9.17) is 0 Å². The van der Waals surface area contributed by atoms with Gasteiger partial charge in [-0.25, -0.2) is 0 Å². The largest absolute Gasteiger partial charge is 0.348 e. The topological polar surface area (TPSA) is 41.1 Å². The summed E-state index contributed by atoms with van der Waals surface area (Å²) < 4.78 is 0. The number of nitrogens with one attached hydrogen (secondary N) is 2. The van der Waals surface area contributed by atoms with Crippen LogP contribution in [0.1, 0.15) is 43.5 Å². The van der Waals surface area contributed by atoms with Crippen LogP contribution >= 0.6 is 11.3 Å². The van der Waals surface area contributed by atoms with Gasteiger partial charge in [0.1, 0.15) is 0 Å². The maximum Gasteiger partial charge on any atom is 0.225 e. The van der Waals surface area contributed by atoms with E-state index in [-0.39, 0.29) is 17.9 Å². The highest BCUT2D eigenvalue weighted by molar-refractivity contribution is 7.10. The van der Waals surface area contributed by atoms with Gasteiger partial charge in [-0.1, -0.05) is 25.8 Å². The Bertz CT molecular complexity index is 439. The molecule has 110 valence electrons. The van der Waals surface area contributed by atoms with Crippen LogP contribution in [0.25, 0.3) is 0 Å². The Labute approximate surface area is 125 Å². The zero-order chi connectivity index (χ0) is 13.9. The minimum Gasteiger partial charge on any atom is -0.348 e. The van der Waals surface area contributed by atoms with E-state index in [1.807, 2.05) is 0 Å². The van der Waals surface area contributed by atoms with Gasteiger partial charge in [0, 0.05) is 11.4 Å². The number of amides is 1. The molecule has 1 amide bonds. The Morgan fingerprint density at radius 3 is 2.80 bits per heavy atom. The number of thiophene rings is 1. The van der Waals surface area contributed by atoms with Crippen molar-refractivity contribution in [3.8, 4) is 0 Å². The highest BCUT2D eigenvalue weighted by Crippen LogP contribution is 2.37. The number of carbonyl (C=O) groups is 1. The van der Waals surface area contributed by atoms with Crippen molar-refractivity contribution in [2.75, 3.05) is 13.1 Å². The monoisotopic (exact) mass is 292 g/mol. The molecule has 2 heterocycles. The molecule has 0 radical (unpaired) electrons. The van der Waals surface area contributed by atoms with E-state index in [1.54, 1.807) is 11.3 Å². The lowest BCUT2D eigenvalue weighted by Gasteiger charge is -2.26. The molecule has 0 bridgehead atoms. The zero-order valence-electron chi connectivity index (χ0n) is 12.1. The fourth-order valence-electron chi connectivity index (χ4n) is 3.60. The lowest BCUT2D eigenvalue weighted by atomic mass is 9.93. The molecule has 4 heteroatoms. The minimum atomic E-state index is 0.138. The van der Waals surface area contributed by atoms with Crippen LogP contribution in [0.5, 0.6) is 0 Å². The average Bonchev–Trinajstić information content (AvgIpc) is 3.18. The fraction of sp³-hybridized carbons (Fsp3) is 0.688. The predicted molar refractivity (Wildman–Crippen MR) is 82.7 cm³/mol. The molecule has 0 aromatic carbocycles. The second kappa shape index (κ2) is 6.27. The third-order valence-electron chi connectivity index (χ3n) is 4.87. The summed E-state index contributed by atoms with van der Waals surface area (Å²) in [7, 11) is 0. The van der Waals surface area contributed by atoms with E-state index in [9.17, 15) is 4.79 Å². The van der Waals surface area contributed by atoms with Crippen LogP contribution in [0.15, 0.2) is 17.5 Å². The third kappa shape index (κ3) is 2.91. The SMILES string of the molecule is C[C@@H]1CNC[C@H]1C(=O)NC(c1cccs1)C1CCCC1. The summed E-state index contributed by atoms with van der Waals surface area (Å²) in [6, 6.07) is 4.50. The van der Waals surface area contributed by atoms with Crippen LogP contribution in [-0.2, 0) is 4.79 Å². The summed E-state index contributed by atoms with van der Waals surface area (Å²) in [6.07, 6.45) is 5.12. The van der Waals surface area contributed by atoms with Crippen molar-refractivity contribution in [1.82, 2.24) is 10.6 Å². The molecule has 2 fully saturated rings. The second-order valence-corrected chi connectivity index (χ2v) is 7.27. The molecule has 20 heavy (non-hydrogen) atoms. The first-order valence-electron chi connectivity index (χ1n) is 7.80. The van der Waals surface area contributed by atoms with Crippen molar-refractivity contribution >= 4 is 17.2 Å². The van der Waals surface area contributed by atoms with Gasteiger partial charge in [0.15, 0.2) is 0 Å². The molecule has 1 aromatic rings. The average molecular weight is 292 g/mol. The molecule has 1 saturated heterocycles. The normalized spacial score (nSPS) is 28.6. The molecule has 1 aliphatic carbocycles. The highest BCUT2D eigenvalue weighted by atomic mass is 32.1. The van der Waals surface area contributed by atoms with Crippen LogP contribution in [0.4, 0.5) is 0 Å². The Morgan fingerprint density at radius 1 is 1.40 bits per heavy atom. The lowest BCUT2D eigenvalue weighted by Crippen LogP contribution is -2.39. The maximum atomic E-state index is 12.6. The predicted octanol–water partition coefficient (Wildman–Crippen LogP) is 2.95. The van der Waals surface area contributed by atoms with Gasteiger partial charge in [-0.05, 0) is 42.7 Å². The quantitative estimate of drug-likeness (QED) is 0.896. The van der Waals surface area contributed by atoms with Gasteiger partial charge in [-0.2, -0.15) is 0 Å². The summed E-state index contributed by atoms with van der Waals surface area (Å²) in [6.45, 7) is 3.96. The number of carbonyl (C=O) groups excluding carboxylic acids is 1. The summed E-state index contributed by atoms with van der Waals surface area (Å²) in [4.78, 5) is 13.9. The van der Waals surface area contributed by atoms with Crippen molar-refractivity contribution in [2.45, 2.75) is 38.6 Å². The van der Waals surface area contributed by atoms with Gasteiger partial charge in [0.2, 0.25) is 5.91 Å². The molecule has 1 aromatic heterocycles. The Hall–Kier alpha value is -0.870. The van der Waals surface area contributed by atoms with Crippen molar-refractivity contribution in [2.24, 2.45) is 17.8 Å². The second-order valence-electron chi connectivity index (χ2n) is 6.29. The van der Waals surface area contributed by atoms with E-state index in [0.29, 0.717) is 11.8 Å². The van der Waals surface area contributed by atoms with E-state index >= 15 is 0 Å². The van der Waals surface area contributed by atoms with Crippen molar-refractivity contribution in [3.05, 3.63) is 22.4 Å². The maximum absolute atomic E-state index is 12.6. The molecule has 3 atom stereocenters. The Balaban J connectivity index is 1.71. The summed E-state index contributed by atoms with van der Waals surface area (Å²) in [5.74, 6) is 1.46. The van der Waals surface area contributed by atoms with Gasteiger partial charge in [-0.3, -0.25) is 4.79 Å². The Kier molecular flexibility index (Phi) is 4.41. The van der Waals surface area contributed by atoms with Crippen LogP contribution in [-0.4, -0.2) is 19.0 Å². The van der Waals surface area contributed by atoms with Gasteiger partial charge >= 0.3 is 0 Å². The molecule has 2 aliphatic rings. The van der Waals surface area contributed by atoms with Crippen molar-refractivity contribution in [1.29, 1.82) is 0 Å². The van der Waals surface area contributed by atoms with Crippen molar-refractivity contribution in [3.63, 3.8) is 0 Å². The van der Waals surface area contributed by atoms with Gasteiger partial charge in [-0.15, -0.1) is 11.3 Å². The molecule has 1 unspecified atom stereocenters. The zero-order valence-corrected chi connectivity index (χ0v) is 12.9. The molecule has 3 rings (SSSR count). The molecule has 0 spiro atoms. The standard InChI is InChI=1S/C16H24N2OS/c1-11-9-17-10-13(11)16(19)18-15(12-5-2-3-6-12)14-7-4-8-20-14/h4,7-8,11-13,15,17H,2-3,5-6,9-10H2,1H3,(H,18,19)/t11-,13-,15?/m1/s1. The first-order chi connectivity index (χ1) is 9.75. The van der Waals surface area contributed by atoms with Gasteiger partial charge in [0.05, 0.1) is 12.0 Å².